The monoisotopic (exact) mass is 208 g/mol. The largest absolute Gasteiger partial charge is 0.460 e. The maximum atomic E-state index is 5.92. The Morgan fingerprint density at radius 3 is 3.00 bits per heavy atom. The molecule has 0 radical (unpaired) electrons. The van der Waals surface area contributed by atoms with Gasteiger partial charge < -0.3 is 9.64 Å². The molecule has 0 spiro atoms. The number of hydrogen-bond acceptors (Lipinski definition) is 2. The highest BCUT2D eigenvalue weighted by atomic mass is 16.5. The van der Waals surface area contributed by atoms with E-state index in [-0.39, 0.29) is 0 Å². The van der Waals surface area contributed by atoms with E-state index in [4.69, 9.17) is 4.74 Å². The molecule has 84 valence electrons. The predicted molar refractivity (Wildman–Crippen MR) is 65.2 cm³/mol. The maximum absolute atomic E-state index is 5.92. The molecule has 1 saturated heterocycles. The Balaban J connectivity index is 2.16. The Hall–Kier alpha value is -0.665. The van der Waals surface area contributed by atoms with E-state index in [0.717, 1.165) is 12.4 Å². The number of amidine groups is 1. The van der Waals surface area contributed by atoms with Crippen LogP contribution in [0.25, 0.3) is 0 Å². The van der Waals surface area contributed by atoms with E-state index >= 15 is 0 Å². The summed E-state index contributed by atoms with van der Waals surface area (Å²) in [5.74, 6) is 0. The average Bonchev–Trinajstić information content (AvgIpc) is 2.37. The van der Waals surface area contributed by atoms with Crippen molar-refractivity contribution in [3.63, 3.8) is 0 Å². The number of nitrogens with zero attached hydrogens (tertiary/aromatic N) is 2. The molecule has 0 aromatic carbocycles. The Morgan fingerprint density at radius 1 is 1.60 bits per heavy atom. The van der Waals surface area contributed by atoms with Crippen LogP contribution in [-0.2, 0) is 4.74 Å². The van der Waals surface area contributed by atoms with Gasteiger partial charge >= 0.3 is 0 Å². The van der Waals surface area contributed by atoms with E-state index in [9.17, 15) is 0 Å². The normalized spacial score (nSPS) is 43.7. The van der Waals surface area contributed by atoms with E-state index in [1.807, 2.05) is 7.05 Å². The highest BCUT2D eigenvalue weighted by Crippen LogP contribution is 2.42. The van der Waals surface area contributed by atoms with Crippen LogP contribution in [0.1, 0.15) is 32.6 Å². The summed E-state index contributed by atoms with van der Waals surface area (Å²) in [6.07, 6.45) is 5.37. The molecule has 1 saturated carbocycles. The minimum absolute atomic E-state index is 0.353. The molecular weight excluding hydrogens is 187 g/mol. The Labute approximate surface area is 93.3 Å². The molecule has 1 aliphatic heterocycles. The first-order valence-electron chi connectivity index (χ1n) is 5.90. The molecule has 3 nitrogen and oxygen atoms in total. The molecule has 2 rings (SSSR count). The highest BCUT2D eigenvalue weighted by Gasteiger charge is 2.42. The summed E-state index contributed by atoms with van der Waals surface area (Å²) in [6.45, 7) is 2.35. The van der Waals surface area contributed by atoms with Gasteiger partial charge in [-0.3, -0.25) is 0 Å². The summed E-state index contributed by atoms with van der Waals surface area (Å²) < 4.78 is 5.92. The second kappa shape index (κ2) is 3.73. The molecule has 0 aromatic heterocycles. The number of ether oxygens (including phenoxy) is 1. The molecule has 1 aliphatic carbocycles. The van der Waals surface area contributed by atoms with Gasteiger partial charge in [0.1, 0.15) is 14.0 Å². The number of fused-ring (bicyclic) bond motifs is 1. The molecule has 0 aromatic rings. The van der Waals surface area contributed by atoms with Crippen LogP contribution < -0.4 is 0 Å². The maximum Gasteiger partial charge on any atom is 0.287 e. The molecule has 0 amide bonds. The lowest BCUT2D eigenvalue weighted by Gasteiger charge is -2.25. The smallest absolute Gasteiger partial charge is 0.287 e. The molecule has 2 unspecified atom stereocenters. The van der Waals surface area contributed by atoms with Crippen molar-refractivity contribution < 1.29 is 4.74 Å². The first-order chi connectivity index (χ1) is 7.03. The van der Waals surface area contributed by atoms with Gasteiger partial charge in [-0.25, -0.2) is 4.99 Å². The molecule has 1 heterocycles. The third-order valence-corrected chi connectivity index (χ3v) is 3.78. The van der Waals surface area contributed by atoms with Gasteiger partial charge in [0.25, 0.3) is 6.02 Å². The van der Waals surface area contributed by atoms with Crippen molar-refractivity contribution in [1.82, 2.24) is 4.90 Å². The second-order valence-electron chi connectivity index (χ2n) is 5.60. The van der Waals surface area contributed by atoms with Crippen molar-refractivity contribution in [3.05, 3.63) is 0 Å². The van der Waals surface area contributed by atoms with Gasteiger partial charge in [-0.2, -0.15) is 0 Å². The van der Waals surface area contributed by atoms with Crippen LogP contribution in [0, 0.1) is 0 Å². The summed E-state index contributed by atoms with van der Waals surface area (Å²) >= 11 is 0. The van der Waals surface area contributed by atoms with Gasteiger partial charge in [0.05, 0.1) is 6.04 Å². The zero-order chi connectivity index (χ0) is 11.1. The van der Waals surface area contributed by atoms with Crippen molar-refractivity contribution in [1.29, 1.82) is 0 Å². The lowest BCUT2D eigenvalue weighted by Crippen LogP contribution is -2.33. The summed E-state index contributed by atoms with van der Waals surface area (Å²) in [5, 5.41) is 0.420. The van der Waals surface area contributed by atoms with Gasteiger partial charge in [0.2, 0.25) is 0 Å². The van der Waals surface area contributed by atoms with Crippen LogP contribution in [0.4, 0.5) is 0 Å². The minimum Gasteiger partial charge on any atom is -0.460 e. The third kappa shape index (κ3) is 1.99. The number of likely N-dealkylation sites (N-methyl/N-ethyl adjacent to an activating group) is 1. The SMILES string of the molecule is B[C@]1(C)CCCC2C(C1)O/C(=N\C)N2C. The van der Waals surface area contributed by atoms with Crippen molar-refractivity contribution >= 4 is 13.9 Å². The predicted octanol–water partition coefficient (Wildman–Crippen LogP) is 1.06. The van der Waals surface area contributed by atoms with Crippen molar-refractivity contribution in [2.75, 3.05) is 14.1 Å². The number of hydrogen-bond donors (Lipinski definition) is 0. The van der Waals surface area contributed by atoms with Crippen LogP contribution in [0.2, 0.25) is 5.31 Å². The lowest BCUT2D eigenvalue weighted by atomic mass is 9.65. The summed E-state index contributed by atoms with van der Waals surface area (Å²) in [4.78, 5) is 6.41. The minimum atomic E-state index is 0.353. The highest BCUT2D eigenvalue weighted by molar-refractivity contribution is 6.14. The Morgan fingerprint density at radius 2 is 2.33 bits per heavy atom. The lowest BCUT2D eigenvalue weighted by molar-refractivity contribution is 0.171. The van der Waals surface area contributed by atoms with Crippen LogP contribution in [0.15, 0.2) is 4.99 Å². The van der Waals surface area contributed by atoms with Gasteiger partial charge in [0, 0.05) is 14.1 Å². The molecule has 4 heteroatoms. The topological polar surface area (TPSA) is 24.8 Å². The molecule has 2 aliphatic rings. The van der Waals surface area contributed by atoms with E-state index in [1.165, 1.54) is 19.3 Å². The van der Waals surface area contributed by atoms with Crippen molar-refractivity contribution in [3.8, 4) is 0 Å². The summed E-state index contributed by atoms with van der Waals surface area (Å²) in [5.41, 5.74) is 0. The number of rotatable bonds is 0. The molecule has 0 N–H and O–H groups in total. The fourth-order valence-corrected chi connectivity index (χ4v) is 2.89. The molecule has 15 heavy (non-hydrogen) atoms. The Kier molecular flexibility index (Phi) is 2.69. The molecule has 3 atom stereocenters. The first-order valence-corrected chi connectivity index (χ1v) is 5.90. The average molecular weight is 208 g/mol. The van der Waals surface area contributed by atoms with E-state index < -0.39 is 0 Å². The summed E-state index contributed by atoms with van der Waals surface area (Å²) in [7, 11) is 6.26. The van der Waals surface area contributed by atoms with Crippen molar-refractivity contribution in [2.24, 2.45) is 4.99 Å². The third-order valence-electron chi connectivity index (χ3n) is 3.78. The quantitative estimate of drug-likeness (QED) is 0.556. The first kappa shape index (κ1) is 10.8. The van der Waals surface area contributed by atoms with Crippen LogP contribution >= 0.6 is 0 Å². The van der Waals surface area contributed by atoms with Gasteiger partial charge in [-0.05, 0) is 12.8 Å². The van der Waals surface area contributed by atoms with E-state index in [2.05, 4.69) is 31.7 Å². The van der Waals surface area contributed by atoms with Crippen LogP contribution in [0.3, 0.4) is 0 Å². The number of aliphatic imine (C=N–C) groups is 1. The fourth-order valence-electron chi connectivity index (χ4n) is 2.89. The molecular formula is C11H21BN2O. The van der Waals surface area contributed by atoms with Crippen molar-refractivity contribution in [2.45, 2.75) is 50.1 Å². The van der Waals surface area contributed by atoms with Gasteiger partial charge in [-0.15, -0.1) is 0 Å². The molecule has 0 bridgehead atoms. The summed E-state index contributed by atoms with van der Waals surface area (Å²) in [6, 6.07) is 1.37. The van der Waals surface area contributed by atoms with Crippen LogP contribution in [-0.4, -0.2) is 45.0 Å². The van der Waals surface area contributed by atoms with Gasteiger partial charge in [0.15, 0.2) is 0 Å². The zero-order valence-electron chi connectivity index (χ0n) is 10.3. The standard InChI is InChI=1S/C11H21BN2O/c1-11(12)6-4-5-8-9(7-11)15-10(13-2)14(8)3/h8-9H,4-7,12H2,1-3H3/b13-10-/t8?,9?,11-/m1/s1. The van der Waals surface area contributed by atoms with Gasteiger partial charge in [-0.1, -0.05) is 25.1 Å². The zero-order valence-corrected chi connectivity index (χ0v) is 10.3. The molecule has 2 fully saturated rings. The van der Waals surface area contributed by atoms with E-state index in [0.29, 0.717) is 17.5 Å². The Bertz CT molecular complexity index is 278. The van der Waals surface area contributed by atoms with Crippen LogP contribution in [0.5, 0.6) is 0 Å². The fraction of sp³-hybridized carbons (Fsp3) is 0.909. The second-order valence-corrected chi connectivity index (χ2v) is 5.60. The van der Waals surface area contributed by atoms with E-state index in [1.54, 1.807) is 0 Å².